The Balaban J connectivity index is 2.49. The van der Waals surface area contributed by atoms with Gasteiger partial charge in [-0.2, -0.15) is 0 Å². The van der Waals surface area contributed by atoms with E-state index in [2.05, 4.69) is 13.8 Å². The van der Waals surface area contributed by atoms with Crippen molar-refractivity contribution in [3.05, 3.63) is 0 Å². The molecule has 0 spiro atoms. The van der Waals surface area contributed by atoms with E-state index >= 15 is 0 Å². The van der Waals surface area contributed by atoms with E-state index < -0.39 is 0 Å². The van der Waals surface area contributed by atoms with Crippen LogP contribution < -0.4 is 5.73 Å². The highest BCUT2D eigenvalue weighted by atomic mass is 16.3. The van der Waals surface area contributed by atoms with E-state index in [-0.39, 0.29) is 11.5 Å². The van der Waals surface area contributed by atoms with Crippen LogP contribution in [0.5, 0.6) is 0 Å². The standard InChI is InChI=1S/C11H23NO/c1-3-5-11(6-7-11)10(13)9(4-2)8-12/h9-10,13H,3-8,12H2,1-2H3. The van der Waals surface area contributed by atoms with Gasteiger partial charge in [0.25, 0.3) is 0 Å². The molecule has 1 rings (SSSR count). The first-order chi connectivity index (χ1) is 6.20. The Morgan fingerprint density at radius 2 is 2.00 bits per heavy atom. The molecule has 2 heteroatoms. The van der Waals surface area contributed by atoms with Gasteiger partial charge >= 0.3 is 0 Å². The van der Waals surface area contributed by atoms with Gasteiger partial charge in [-0.15, -0.1) is 0 Å². The molecule has 13 heavy (non-hydrogen) atoms. The summed E-state index contributed by atoms with van der Waals surface area (Å²) in [5.74, 6) is 0.314. The molecular weight excluding hydrogens is 162 g/mol. The van der Waals surface area contributed by atoms with E-state index in [1.165, 1.54) is 25.7 Å². The van der Waals surface area contributed by atoms with E-state index in [0.717, 1.165) is 6.42 Å². The van der Waals surface area contributed by atoms with Crippen molar-refractivity contribution in [3.8, 4) is 0 Å². The molecule has 1 saturated carbocycles. The van der Waals surface area contributed by atoms with Gasteiger partial charge in [0.2, 0.25) is 0 Å². The molecule has 2 unspecified atom stereocenters. The first-order valence-corrected chi connectivity index (χ1v) is 5.58. The smallest absolute Gasteiger partial charge is 0.0636 e. The molecule has 0 amide bonds. The summed E-state index contributed by atoms with van der Waals surface area (Å²) < 4.78 is 0. The molecule has 2 atom stereocenters. The van der Waals surface area contributed by atoms with Gasteiger partial charge in [0.15, 0.2) is 0 Å². The minimum Gasteiger partial charge on any atom is -0.392 e. The van der Waals surface area contributed by atoms with Crippen LogP contribution >= 0.6 is 0 Å². The van der Waals surface area contributed by atoms with E-state index in [1.54, 1.807) is 0 Å². The van der Waals surface area contributed by atoms with Crippen molar-refractivity contribution in [2.45, 2.75) is 52.1 Å². The van der Waals surface area contributed by atoms with Crippen LogP contribution in [0.4, 0.5) is 0 Å². The zero-order valence-electron chi connectivity index (χ0n) is 8.92. The molecule has 0 aromatic carbocycles. The topological polar surface area (TPSA) is 46.2 Å². The molecular formula is C11H23NO. The van der Waals surface area contributed by atoms with Gasteiger partial charge in [-0.05, 0) is 43.6 Å². The lowest BCUT2D eigenvalue weighted by atomic mass is 9.84. The second kappa shape index (κ2) is 4.43. The predicted molar refractivity (Wildman–Crippen MR) is 55.4 cm³/mol. The fraction of sp³-hybridized carbons (Fsp3) is 1.00. The maximum atomic E-state index is 10.2. The van der Waals surface area contributed by atoms with Gasteiger partial charge in [-0.1, -0.05) is 20.3 Å². The summed E-state index contributed by atoms with van der Waals surface area (Å²) in [4.78, 5) is 0. The van der Waals surface area contributed by atoms with Crippen LogP contribution in [-0.4, -0.2) is 17.8 Å². The minimum absolute atomic E-state index is 0.151. The van der Waals surface area contributed by atoms with Gasteiger partial charge in [-0.3, -0.25) is 0 Å². The van der Waals surface area contributed by atoms with Crippen LogP contribution in [0.3, 0.4) is 0 Å². The molecule has 0 aromatic heterocycles. The number of rotatable bonds is 6. The summed E-state index contributed by atoms with van der Waals surface area (Å²) in [6.07, 6.45) is 5.62. The van der Waals surface area contributed by atoms with Gasteiger partial charge in [0.1, 0.15) is 0 Å². The lowest BCUT2D eigenvalue weighted by Crippen LogP contribution is -2.35. The highest BCUT2D eigenvalue weighted by molar-refractivity contribution is 5.00. The fourth-order valence-corrected chi connectivity index (χ4v) is 2.37. The third kappa shape index (κ3) is 2.23. The molecule has 78 valence electrons. The third-order valence-electron chi connectivity index (χ3n) is 3.54. The van der Waals surface area contributed by atoms with Crippen LogP contribution in [0.25, 0.3) is 0 Å². The van der Waals surface area contributed by atoms with Crippen LogP contribution in [-0.2, 0) is 0 Å². The van der Waals surface area contributed by atoms with Crippen molar-refractivity contribution in [2.24, 2.45) is 17.1 Å². The maximum absolute atomic E-state index is 10.2. The second-order valence-corrected chi connectivity index (χ2v) is 4.46. The molecule has 0 aromatic rings. The van der Waals surface area contributed by atoms with Crippen LogP contribution in [0, 0.1) is 11.3 Å². The average Bonchev–Trinajstić information content (AvgIpc) is 2.88. The van der Waals surface area contributed by atoms with Crippen LogP contribution in [0.1, 0.15) is 46.0 Å². The summed E-state index contributed by atoms with van der Waals surface area (Å²) in [7, 11) is 0. The van der Waals surface area contributed by atoms with E-state index in [4.69, 9.17) is 5.73 Å². The number of hydrogen-bond donors (Lipinski definition) is 2. The number of hydrogen-bond acceptors (Lipinski definition) is 2. The second-order valence-electron chi connectivity index (χ2n) is 4.46. The third-order valence-corrected chi connectivity index (χ3v) is 3.54. The molecule has 2 nitrogen and oxygen atoms in total. The van der Waals surface area contributed by atoms with Crippen molar-refractivity contribution in [1.29, 1.82) is 0 Å². The zero-order chi connectivity index (χ0) is 9.90. The predicted octanol–water partition coefficient (Wildman–Crippen LogP) is 1.91. The lowest BCUT2D eigenvalue weighted by Gasteiger charge is -2.28. The fourth-order valence-electron chi connectivity index (χ4n) is 2.37. The molecule has 1 aliphatic carbocycles. The summed E-state index contributed by atoms with van der Waals surface area (Å²) in [5.41, 5.74) is 5.90. The lowest BCUT2D eigenvalue weighted by molar-refractivity contribution is 0.0335. The first kappa shape index (κ1) is 11.0. The molecule has 0 bridgehead atoms. The monoisotopic (exact) mass is 185 g/mol. The summed E-state index contributed by atoms with van der Waals surface area (Å²) in [5, 5.41) is 10.2. The van der Waals surface area contributed by atoms with E-state index in [0.29, 0.717) is 12.5 Å². The SMILES string of the molecule is CCCC1(C(O)C(CC)CN)CC1. The van der Waals surface area contributed by atoms with Gasteiger partial charge in [0.05, 0.1) is 6.10 Å². The first-order valence-electron chi connectivity index (χ1n) is 5.58. The highest BCUT2D eigenvalue weighted by Crippen LogP contribution is 2.54. The number of nitrogens with two attached hydrogens (primary N) is 1. The Labute approximate surface area is 81.5 Å². The number of aliphatic hydroxyl groups is 1. The molecule has 0 aliphatic heterocycles. The summed E-state index contributed by atoms with van der Waals surface area (Å²) in [6, 6.07) is 0. The van der Waals surface area contributed by atoms with Crippen molar-refractivity contribution < 1.29 is 5.11 Å². The normalized spacial score (nSPS) is 24.0. The van der Waals surface area contributed by atoms with Crippen LogP contribution in [0.2, 0.25) is 0 Å². The Morgan fingerprint density at radius 3 is 2.31 bits per heavy atom. The summed E-state index contributed by atoms with van der Waals surface area (Å²) >= 11 is 0. The van der Waals surface area contributed by atoms with E-state index in [1.807, 2.05) is 0 Å². The van der Waals surface area contributed by atoms with Crippen molar-refractivity contribution in [1.82, 2.24) is 0 Å². The zero-order valence-corrected chi connectivity index (χ0v) is 8.92. The van der Waals surface area contributed by atoms with E-state index in [9.17, 15) is 5.11 Å². The van der Waals surface area contributed by atoms with Gasteiger partial charge < -0.3 is 10.8 Å². The molecule has 0 radical (unpaired) electrons. The largest absolute Gasteiger partial charge is 0.392 e. The van der Waals surface area contributed by atoms with Gasteiger partial charge in [0, 0.05) is 0 Å². The van der Waals surface area contributed by atoms with Gasteiger partial charge in [-0.25, -0.2) is 0 Å². The Hall–Kier alpha value is -0.0800. The van der Waals surface area contributed by atoms with Crippen molar-refractivity contribution in [3.63, 3.8) is 0 Å². The van der Waals surface area contributed by atoms with Crippen molar-refractivity contribution in [2.75, 3.05) is 6.54 Å². The highest BCUT2D eigenvalue weighted by Gasteiger charge is 2.49. The minimum atomic E-state index is -0.151. The quantitative estimate of drug-likeness (QED) is 0.664. The Bertz CT molecular complexity index is 150. The molecule has 3 N–H and O–H groups in total. The molecule has 0 heterocycles. The molecule has 1 fully saturated rings. The van der Waals surface area contributed by atoms with Crippen molar-refractivity contribution >= 4 is 0 Å². The molecule has 1 aliphatic rings. The average molecular weight is 185 g/mol. The van der Waals surface area contributed by atoms with Crippen LogP contribution in [0.15, 0.2) is 0 Å². The Kier molecular flexibility index (Phi) is 3.74. The number of aliphatic hydroxyl groups excluding tert-OH is 1. The maximum Gasteiger partial charge on any atom is 0.0636 e. The summed E-state index contributed by atoms with van der Waals surface area (Å²) in [6.45, 7) is 4.93. The Morgan fingerprint density at radius 1 is 1.38 bits per heavy atom. The molecule has 0 saturated heterocycles.